The second-order valence-electron chi connectivity index (χ2n) is 6.04. The Labute approximate surface area is 152 Å². The lowest BCUT2D eigenvalue weighted by Crippen LogP contribution is -2.47. The van der Waals surface area contributed by atoms with Gasteiger partial charge in [0, 0.05) is 0 Å². The second kappa shape index (κ2) is 7.91. The number of anilines is 2. The van der Waals surface area contributed by atoms with Crippen molar-refractivity contribution in [1.82, 2.24) is 0 Å². The van der Waals surface area contributed by atoms with E-state index < -0.39 is 6.10 Å². The van der Waals surface area contributed by atoms with Gasteiger partial charge in [0.05, 0.1) is 18.0 Å². The highest BCUT2D eigenvalue weighted by Crippen LogP contribution is 2.33. The van der Waals surface area contributed by atoms with Crippen molar-refractivity contribution in [2.75, 3.05) is 23.4 Å². The Kier molecular flexibility index (Phi) is 5.41. The van der Waals surface area contributed by atoms with Crippen LogP contribution in [0.25, 0.3) is 0 Å². The summed E-state index contributed by atoms with van der Waals surface area (Å²) in [6.07, 6.45) is 0.247. The number of amides is 2. The number of hydrogen-bond acceptors (Lipinski definition) is 4. The number of ether oxygens (including phenoxy) is 2. The van der Waals surface area contributed by atoms with Gasteiger partial charge in [0.25, 0.3) is 5.91 Å². The summed E-state index contributed by atoms with van der Waals surface area (Å²) in [5, 5.41) is 2.83. The first-order valence-electron chi connectivity index (χ1n) is 8.69. The smallest absolute Gasteiger partial charge is 0.268 e. The molecule has 2 amide bonds. The van der Waals surface area contributed by atoms with Crippen LogP contribution in [0.15, 0.2) is 48.5 Å². The molecule has 0 aromatic heterocycles. The summed E-state index contributed by atoms with van der Waals surface area (Å²) in [5.74, 6) is 0.674. The zero-order valence-electron chi connectivity index (χ0n) is 14.9. The number of benzene rings is 2. The average Bonchev–Trinajstić information content (AvgIpc) is 2.64. The Morgan fingerprint density at radius 2 is 1.92 bits per heavy atom. The van der Waals surface area contributed by atoms with E-state index in [1.807, 2.05) is 37.3 Å². The van der Waals surface area contributed by atoms with Crippen LogP contribution in [0.1, 0.15) is 20.3 Å². The highest BCUT2D eigenvalue weighted by Gasteiger charge is 2.32. The molecule has 1 N–H and O–H groups in total. The molecule has 1 aliphatic heterocycles. The Bertz CT molecular complexity index is 806. The average molecular weight is 354 g/mol. The lowest BCUT2D eigenvalue weighted by molar-refractivity contribution is -0.127. The molecule has 0 bridgehead atoms. The quantitative estimate of drug-likeness (QED) is 0.865. The molecule has 0 saturated carbocycles. The largest absolute Gasteiger partial charge is 0.491 e. The molecule has 0 spiro atoms. The van der Waals surface area contributed by atoms with E-state index in [4.69, 9.17) is 9.47 Å². The van der Waals surface area contributed by atoms with E-state index in [9.17, 15) is 9.59 Å². The van der Waals surface area contributed by atoms with E-state index in [1.165, 1.54) is 4.90 Å². The molecule has 2 aromatic carbocycles. The highest BCUT2D eigenvalue weighted by molar-refractivity contribution is 6.06. The van der Waals surface area contributed by atoms with E-state index in [1.54, 1.807) is 25.1 Å². The summed E-state index contributed by atoms with van der Waals surface area (Å²) < 4.78 is 11.3. The van der Waals surface area contributed by atoms with Gasteiger partial charge in [0.15, 0.2) is 6.10 Å². The van der Waals surface area contributed by atoms with Crippen LogP contribution in [0.2, 0.25) is 0 Å². The Hall–Kier alpha value is -3.02. The zero-order chi connectivity index (χ0) is 18.5. The van der Waals surface area contributed by atoms with E-state index in [-0.39, 0.29) is 18.4 Å². The number of nitrogens with one attached hydrogen (secondary N) is 1. The lowest BCUT2D eigenvalue weighted by atomic mass is 10.2. The molecule has 6 heteroatoms. The third-order valence-electron chi connectivity index (χ3n) is 4.00. The van der Waals surface area contributed by atoms with Gasteiger partial charge in [-0.05, 0) is 37.6 Å². The minimum atomic E-state index is -0.627. The maximum Gasteiger partial charge on any atom is 0.268 e. The van der Waals surface area contributed by atoms with E-state index in [2.05, 4.69) is 5.32 Å². The van der Waals surface area contributed by atoms with Gasteiger partial charge in [0.2, 0.25) is 5.91 Å². The van der Waals surface area contributed by atoms with Crippen LogP contribution in [-0.2, 0) is 9.59 Å². The van der Waals surface area contributed by atoms with Crippen LogP contribution in [-0.4, -0.2) is 31.1 Å². The Morgan fingerprint density at radius 3 is 2.73 bits per heavy atom. The third-order valence-corrected chi connectivity index (χ3v) is 4.00. The first-order valence-corrected chi connectivity index (χ1v) is 8.69. The lowest BCUT2D eigenvalue weighted by Gasteiger charge is -2.32. The van der Waals surface area contributed by atoms with Gasteiger partial charge >= 0.3 is 0 Å². The monoisotopic (exact) mass is 354 g/mol. The molecule has 2 aromatic rings. The van der Waals surface area contributed by atoms with E-state index in [0.717, 1.165) is 6.42 Å². The summed E-state index contributed by atoms with van der Waals surface area (Å²) >= 11 is 0. The topological polar surface area (TPSA) is 67.9 Å². The van der Waals surface area contributed by atoms with Crippen molar-refractivity contribution < 1.29 is 19.1 Å². The molecule has 3 rings (SSSR count). The van der Waals surface area contributed by atoms with Gasteiger partial charge in [0.1, 0.15) is 18.0 Å². The molecule has 26 heavy (non-hydrogen) atoms. The molecule has 1 aliphatic rings. The number of nitrogens with zero attached hydrogens (tertiary/aromatic N) is 1. The maximum absolute atomic E-state index is 12.6. The summed E-state index contributed by atoms with van der Waals surface area (Å²) in [6, 6.07) is 14.5. The van der Waals surface area contributed by atoms with Crippen LogP contribution in [0.4, 0.5) is 11.4 Å². The fourth-order valence-electron chi connectivity index (χ4n) is 2.76. The van der Waals surface area contributed by atoms with Crippen molar-refractivity contribution in [1.29, 1.82) is 0 Å². The molecule has 0 radical (unpaired) electrons. The van der Waals surface area contributed by atoms with Crippen molar-refractivity contribution in [3.63, 3.8) is 0 Å². The maximum atomic E-state index is 12.6. The number of hydrogen-bond donors (Lipinski definition) is 1. The molecule has 0 fully saturated rings. The molecular formula is C20H22N2O4. The summed E-state index contributed by atoms with van der Waals surface area (Å²) in [6.45, 7) is 4.17. The minimum absolute atomic E-state index is 0.0916. The van der Waals surface area contributed by atoms with Crippen LogP contribution >= 0.6 is 0 Å². The predicted molar refractivity (Wildman–Crippen MR) is 99.7 cm³/mol. The van der Waals surface area contributed by atoms with Crippen LogP contribution < -0.4 is 19.7 Å². The molecule has 0 saturated heterocycles. The zero-order valence-corrected chi connectivity index (χ0v) is 14.9. The van der Waals surface area contributed by atoms with Crippen molar-refractivity contribution in [3.8, 4) is 11.5 Å². The number of carbonyl (C=O) groups is 2. The van der Waals surface area contributed by atoms with Crippen LogP contribution in [0.5, 0.6) is 11.5 Å². The Morgan fingerprint density at radius 1 is 1.19 bits per heavy atom. The number of carbonyl (C=O) groups excluding carboxylic acids is 2. The number of para-hydroxylation sites is 4. The minimum Gasteiger partial charge on any atom is -0.491 e. The van der Waals surface area contributed by atoms with Crippen molar-refractivity contribution in [2.24, 2.45) is 0 Å². The first-order chi connectivity index (χ1) is 12.6. The van der Waals surface area contributed by atoms with E-state index >= 15 is 0 Å². The second-order valence-corrected chi connectivity index (χ2v) is 6.04. The highest BCUT2D eigenvalue weighted by atomic mass is 16.5. The summed E-state index contributed by atoms with van der Waals surface area (Å²) in [7, 11) is 0. The normalized spacial score (nSPS) is 15.8. The molecule has 1 heterocycles. The molecule has 6 nitrogen and oxygen atoms in total. The molecule has 0 unspecified atom stereocenters. The molecular weight excluding hydrogens is 332 g/mol. The van der Waals surface area contributed by atoms with Gasteiger partial charge in [-0.15, -0.1) is 0 Å². The molecule has 1 atom stereocenters. The van der Waals surface area contributed by atoms with Gasteiger partial charge in [-0.1, -0.05) is 31.2 Å². The van der Waals surface area contributed by atoms with Gasteiger partial charge < -0.3 is 14.8 Å². The number of rotatable bonds is 6. The van der Waals surface area contributed by atoms with Crippen molar-refractivity contribution in [2.45, 2.75) is 26.4 Å². The van der Waals surface area contributed by atoms with Gasteiger partial charge in [-0.3, -0.25) is 14.5 Å². The summed E-state index contributed by atoms with van der Waals surface area (Å²) in [5.41, 5.74) is 1.19. The van der Waals surface area contributed by atoms with E-state index in [0.29, 0.717) is 29.5 Å². The Balaban J connectivity index is 1.75. The first kappa shape index (κ1) is 17.8. The molecule has 0 aliphatic carbocycles. The van der Waals surface area contributed by atoms with Crippen molar-refractivity contribution in [3.05, 3.63) is 48.5 Å². The fraction of sp³-hybridized carbons (Fsp3) is 0.300. The predicted octanol–water partition coefficient (Wildman–Crippen LogP) is 3.23. The van der Waals surface area contributed by atoms with Crippen LogP contribution in [0.3, 0.4) is 0 Å². The summed E-state index contributed by atoms with van der Waals surface area (Å²) in [4.78, 5) is 26.5. The SMILES string of the molecule is CCCOc1ccccc1NC(=O)CN1C(=O)[C@@H](C)Oc2ccccc21. The van der Waals surface area contributed by atoms with Crippen molar-refractivity contribution >= 4 is 23.2 Å². The van der Waals surface area contributed by atoms with Gasteiger partial charge in [-0.2, -0.15) is 0 Å². The fourth-order valence-corrected chi connectivity index (χ4v) is 2.76. The van der Waals surface area contributed by atoms with Crippen LogP contribution in [0, 0.1) is 0 Å². The molecule has 136 valence electrons. The standard InChI is InChI=1S/C20H22N2O4/c1-3-12-25-17-10-6-4-8-15(17)21-19(23)13-22-16-9-5-7-11-18(16)26-14(2)20(22)24/h4-11,14H,3,12-13H2,1-2H3,(H,21,23)/t14-/m1/s1. The number of fused-ring (bicyclic) bond motifs is 1. The third kappa shape index (κ3) is 3.79. The van der Waals surface area contributed by atoms with Gasteiger partial charge in [-0.25, -0.2) is 0 Å².